The number of rotatable bonds is 3. The molecule has 0 saturated heterocycles. The van der Waals surface area contributed by atoms with Crippen LogP contribution in [0.4, 0.5) is 5.69 Å². The molecule has 0 spiro atoms. The Bertz CT molecular complexity index is 765. The third-order valence-corrected chi connectivity index (χ3v) is 3.66. The molecule has 0 aliphatic heterocycles. The Morgan fingerprint density at radius 2 is 1.90 bits per heavy atom. The van der Waals surface area contributed by atoms with Crippen molar-refractivity contribution in [1.29, 1.82) is 0 Å². The highest BCUT2D eigenvalue weighted by molar-refractivity contribution is 6.33. The largest absolute Gasteiger partial charge is 0.397 e. The Hall–Kier alpha value is -2.33. The van der Waals surface area contributed by atoms with Crippen LogP contribution in [0.25, 0.3) is 22.8 Å². The van der Waals surface area contributed by atoms with Crippen molar-refractivity contribution in [1.82, 2.24) is 10.1 Å². The first kappa shape index (κ1) is 13.6. The monoisotopic (exact) mass is 299 g/mol. The Balaban J connectivity index is 1.97. The Kier molecular flexibility index (Phi) is 3.62. The average Bonchev–Trinajstić information content (AvgIpc) is 3.00. The highest BCUT2D eigenvalue weighted by Gasteiger charge is 2.14. The Labute approximate surface area is 127 Å². The van der Waals surface area contributed by atoms with Crippen molar-refractivity contribution in [2.24, 2.45) is 0 Å². The lowest BCUT2D eigenvalue weighted by Crippen LogP contribution is -1.91. The van der Waals surface area contributed by atoms with Gasteiger partial charge in [-0.2, -0.15) is 4.98 Å². The van der Waals surface area contributed by atoms with Gasteiger partial charge < -0.3 is 10.3 Å². The predicted molar refractivity (Wildman–Crippen MR) is 84.0 cm³/mol. The predicted octanol–water partition coefficient (Wildman–Crippen LogP) is 4.20. The number of para-hydroxylation sites is 1. The molecular weight excluding hydrogens is 286 g/mol. The molecule has 0 unspecified atom stereocenters. The van der Waals surface area contributed by atoms with Crippen molar-refractivity contribution in [2.75, 3.05) is 5.73 Å². The number of hydrogen-bond donors (Lipinski definition) is 1. The molecule has 1 aromatic heterocycles. The Morgan fingerprint density at radius 1 is 1.14 bits per heavy atom. The first-order valence-corrected chi connectivity index (χ1v) is 7.04. The van der Waals surface area contributed by atoms with E-state index >= 15 is 0 Å². The second kappa shape index (κ2) is 5.58. The quantitative estimate of drug-likeness (QED) is 0.736. The molecule has 5 heteroatoms. The summed E-state index contributed by atoms with van der Waals surface area (Å²) in [5.74, 6) is 0.900. The highest BCUT2D eigenvalue weighted by Crippen LogP contribution is 2.31. The number of nitrogen functional groups attached to an aromatic ring is 1. The van der Waals surface area contributed by atoms with Gasteiger partial charge in [-0.15, -0.1) is 0 Å². The lowest BCUT2D eigenvalue weighted by Gasteiger charge is -2.01. The van der Waals surface area contributed by atoms with Gasteiger partial charge in [-0.25, -0.2) is 0 Å². The van der Waals surface area contributed by atoms with E-state index < -0.39 is 0 Å². The number of halogens is 1. The van der Waals surface area contributed by atoms with Gasteiger partial charge in [0.05, 0.1) is 16.3 Å². The summed E-state index contributed by atoms with van der Waals surface area (Å²) in [7, 11) is 0. The number of aryl methyl sites for hydroxylation is 1. The topological polar surface area (TPSA) is 64.9 Å². The fourth-order valence-corrected chi connectivity index (χ4v) is 2.24. The minimum atomic E-state index is 0.365. The molecule has 0 aliphatic rings. The fourth-order valence-electron chi connectivity index (χ4n) is 2.06. The van der Waals surface area contributed by atoms with Crippen LogP contribution in [0.1, 0.15) is 12.5 Å². The van der Waals surface area contributed by atoms with Crippen molar-refractivity contribution in [2.45, 2.75) is 13.3 Å². The van der Waals surface area contributed by atoms with Gasteiger partial charge in [-0.05, 0) is 24.1 Å². The summed E-state index contributed by atoms with van der Waals surface area (Å²) in [6.45, 7) is 2.11. The van der Waals surface area contributed by atoms with E-state index in [0.29, 0.717) is 28.0 Å². The number of nitrogens with two attached hydrogens (primary N) is 1. The summed E-state index contributed by atoms with van der Waals surface area (Å²) in [5.41, 5.74) is 9.20. The van der Waals surface area contributed by atoms with Gasteiger partial charge in [-0.3, -0.25) is 0 Å². The molecular formula is C16H14ClN3O. The molecule has 0 amide bonds. The van der Waals surface area contributed by atoms with E-state index in [9.17, 15) is 0 Å². The van der Waals surface area contributed by atoms with Gasteiger partial charge in [0.25, 0.3) is 5.89 Å². The molecule has 0 fully saturated rings. The second-order valence-corrected chi connectivity index (χ2v) is 5.08. The summed E-state index contributed by atoms with van der Waals surface area (Å²) in [5, 5.41) is 4.48. The van der Waals surface area contributed by atoms with Crippen LogP contribution in [0.15, 0.2) is 47.0 Å². The molecule has 0 aliphatic carbocycles. The van der Waals surface area contributed by atoms with E-state index in [0.717, 1.165) is 12.0 Å². The van der Waals surface area contributed by atoms with Crippen LogP contribution in [0.5, 0.6) is 0 Å². The smallest absolute Gasteiger partial charge is 0.260 e. The van der Waals surface area contributed by atoms with E-state index in [2.05, 4.69) is 29.2 Å². The van der Waals surface area contributed by atoms with E-state index in [4.69, 9.17) is 21.9 Å². The van der Waals surface area contributed by atoms with Gasteiger partial charge in [0.1, 0.15) is 0 Å². The van der Waals surface area contributed by atoms with Crippen LogP contribution in [0.3, 0.4) is 0 Å². The highest BCUT2D eigenvalue weighted by atomic mass is 35.5. The standard InChI is InChI=1S/C16H14ClN3O/c1-2-10-6-8-11(9-7-10)15-19-16(21-20-15)12-4-3-5-13(17)14(12)18/h3-9H,2,18H2,1H3. The van der Waals surface area contributed by atoms with Crippen molar-refractivity contribution in [3.05, 3.63) is 53.1 Å². The maximum atomic E-state index is 6.01. The molecule has 1 heterocycles. The lowest BCUT2D eigenvalue weighted by molar-refractivity contribution is 0.432. The second-order valence-electron chi connectivity index (χ2n) is 4.67. The zero-order chi connectivity index (χ0) is 14.8. The van der Waals surface area contributed by atoms with Crippen molar-refractivity contribution in [3.8, 4) is 22.8 Å². The first-order valence-electron chi connectivity index (χ1n) is 6.66. The summed E-state index contributed by atoms with van der Waals surface area (Å²) < 4.78 is 5.30. The van der Waals surface area contributed by atoms with Crippen LogP contribution in [0.2, 0.25) is 5.02 Å². The normalized spacial score (nSPS) is 10.8. The molecule has 2 N–H and O–H groups in total. The van der Waals surface area contributed by atoms with E-state index in [1.807, 2.05) is 12.1 Å². The third-order valence-electron chi connectivity index (χ3n) is 3.33. The molecule has 106 valence electrons. The first-order chi connectivity index (χ1) is 10.2. The van der Waals surface area contributed by atoms with E-state index in [-0.39, 0.29) is 0 Å². The number of benzene rings is 2. The van der Waals surface area contributed by atoms with Gasteiger partial charge in [0, 0.05) is 5.56 Å². The zero-order valence-electron chi connectivity index (χ0n) is 11.5. The Morgan fingerprint density at radius 3 is 2.62 bits per heavy atom. The number of anilines is 1. The molecule has 0 radical (unpaired) electrons. The summed E-state index contributed by atoms with van der Waals surface area (Å²) in [6.07, 6.45) is 0.997. The van der Waals surface area contributed by atoms with Gasteiger partial charge in [0.15, 0.2) is 0 Å². The molecule has 0 bridgehead atoms. The van der Waals surface area contributed by atoms with Crippen LogP contribution >= 0.6 is 11.6 Å². The van der Waals surface area contributed by atoms with E-state index in [1.165, 1.54) is 5.56 Å². The SMILES string of the molecule is CCc1ccc(-c2noc(-c3cccc(Cl)c3N)n2)cc1. The van der Waals surface area contributed by atoms with E-state index in [1.54, 1.807) is 18.2 Å². The van der Waals surface area contributed by atoms with Crippen molar-refractivity contribution >= 4 is 17.3 Å². The molecule has 3 rings (SSSR count). The zero-order valence-corrected chi connectivity index (χ0v) is 12.3. The fraction of sp³-hybridized carbons (Fsp3) is 0.125. The number of nitrogens with zero attached hydrogens (tertiary/aromatic N) is 2. The summed E-state index contributed by atoms with van der Waals surface area (Å²) >= 11 is 6.01. The lowest BCUT2D eigenvalue weighted by atomic mass is 10.1. The summed E-state index contributed by atoms with van der Waals surface area (Å²) in [6, 6.07) is 13.4. The minimum Gasteiger partial charge on any atom is -0.397 e. The number of hydrogen-bond acceptors (Lipinski definition) is 4. The maximum absolute atomic E-state index is 6.01. The minimum absolute atomic E-state index is 0.365. The maximum Gasteiger partial charge on any atom is 0.260 e. The average molecular weight is 300 g/mol. The number of aromatic nitrogens is 2. The van der Waals surface area contributed by atoms with Crippen LogP contribution in [0, 0.1) is 0 Å². The molecule has 3 aromatic rings. The van der Waals surface area contributed by atoms with Gasteiger partial charge in [-0.1, -0.05) is 54.0 Å². The van der Waals surface area contributed by atoms with Crippen molar-refractivity contribution in [3.63, 3.8) is 0 Å². The molecule has 21 heavy (non-hydrogen) atoms. The van der Waals surface area contributed by atoms with Crippen molar-refractivity contribution < 1.29 is 4.52 Å². The molecule has 0 saturated carbocycles. The van der Waals surface area contributed by atoms with Gasteiger partial charge >= 0.3 is 0 Å². The summed E-state index contributed by atoms with van der Waals surface area (Å²) in [4.78, 5) is 4.39. The molecule has 4 nitrogen and oxygen atoms in total. The van der Waals surface area contributed by atoms with Crippen LogP contribution in [-0.2, 0) is 6.42 Å². The molecule has 2 aromatic carbocycles. The van der Waals surface area contributed by atoms with Crippen LogP contribution < -0.4 is 5.73 Å². The molecule has 0 atom stereocenters. The van der Waals surface area contributed by atoms with Crippen LogP contribution in [-0.4, -0.2) is 10.1 Å². The third kappa shape index (κ3) is 2.62. The van der Waals surface area contributed by atoms with Gasteiger partial charge in [0.2, 0.25) is 5.82 Å².